The van der Waals surface area contributed by atoms with Crippen molar-refractivity contribution in [2.45, 2.75) is 6.10 Å². The molecule has 118 valence electrons. The normalized spacial score (nSPS) is 12.0. The van der Waals surface area contributed by atoms with Crippen molar-refractivity contribution in [2.75, 3.05) is 0 Å². The summed E-state index contributed by atoms with van der Waals surface area (Å²) in [6.07, 6.45) is -0.204. The van der Waals surface area contributed by atoms with E-state index in [9.17, 15) is 25.1 Å². The van der Waals surface area contributed by atoms with E-state index in [4.69, 9.17) is 0 Å². The monoisotopic (exact) mass is 315 g/mol. The highest BCUT2D eigenvalue weighted by molar-refractivity contribution is 5.85. The van der Waals surface area contributed by atoms with Crippen molar-refractivity contribution in [3.8, 4) is 5.75 Å². The van der Waals surface area contributed by atoms with E-state index in [1.807, 2.05) is 0 Å². The van der Waals surface area contributed by atoms with E-state index < -0.39 is 28.4 Å². The minimum absolute atomic E-state index is 0.309. The van der Waals surface area contributed by atoms with E-state index in [0.29, 0.717) is 11.1 Å². The van der Waals surface area contributed by atoms with Crippen LogP contribution in [0.4, 0.5) is 5.69 Å². The third kappa shape index (κ3) is 4.11. The minimum atomic E-state index is -1.37. The molecule has 0 spiro atoms. The number of carbonyl (C=O) groups is 1. The highest BCUT2D eigenvalue weighted by Gasteiger charge is 2.16. The first kappa shape index (κ1) is 16.1. The molecule has 0 unspecified atom stereocenters. The molecule has 0 aliphatic carbocycles. The quantitative estimate of drug-likeness (QED) is 0.438. The van der Waals surface area contributed by atoms with Crippen molar-refractivity contribution in [1.29, 1.82) is 0 Å². The summed E-state index contributed by atoms with van der Waals surface area (Å²) < 4.78 is 0. The zero-order valence-corrected chi connectivity index (χ0v) is 11.8. The first-order chi connectivity index (χ1) is 11.0. The van der Waals surface area contributed by atoms with Crippen LogP contribution in [0.15, 0.2) is 53.6 Å². The van der Waals surface area contributed by atoms with Crippen LogP contribution in [0.2, 0.25) is 0 Å². The zero-order valence-electron chi connectivity index (χ0n) is 11.8. The maximum absolute atomic E-state index is 11.7. The Morgan fingerprint density at radius 1 is 1.26 bits per heavy atom. The van der Waals surface area contributed by atoms with Crippen molar-refractivity contribution in [3.63, 3.8) is 0 Å². The van der Waals surface area contributed by atoms with E-state index >= 15 is 0 Å². The Morgan fingerprint density at radius 3 is 2.61 bits per heavy atom. The zero-order chi connectivity index (χ0) is 16.8. The number of aliphatic hydroxyl groups is 1. The van der Waals surface area contributed by atoms with Gasteiger partial charge in [0.2, 0.25) is 0 Å². The largest absolute Gasteiger partial charge is 0.502 e. The second kappa shape index (κ2) is 7.14. The first-order valence-corrected chi connectivity index (χ1v) is 6.52. The second-order valence-electron chi connectivity index (χ2n) is 4.55. The van der Waals surface area contributed by atoms with Gasteiger partial charge in [0.25, 0.3) is 5.91 Å². The number of carbonyl (C=O) groups excluding carboxylic acids is 1. The molecule has 0 bridgehead atoms. The molecule has 0 heterocycles. The molecule has 1 atom stereocenters. The van der Waals surface area contributed by atoms with Crippen LogP contribution < -0.4 is 5.43 Å². The lowest BCUT2D eigenvalue weighted by molar-refractivity contribution is -0.385. The van der Waals surface area contributed by atoms with Gasteiger partial charge < -0.3 is 10.2 Å². The number of nitro benzene ring substituents is 1. The number of phenols is 1. The van der Waals surface area contributed by atoms with Crippen LogP contribution in [0.3, 0.4) is 0 Å². The molecule has 1 amide bonds. The second-order valence-corrected chi connectivity index (χ2v) is 4.55. The van der Waals surface area contributed by atoms with Gasteiger partial charge in [-0.05, 0) is 17.7 Å². The van der Waals surface area contributed by atoms with Crippen LogP contribution in [-0.4, -0.2) is 27.3 Å². The average molecular weight is 315 g/mol. The maximum atomic E-state index is 11.7. The summed E-state index contributed by atoms with van der Waals surface area (Å²) in [6, 6.07) is 12.0. The van der Waals surface area contributed by atoms with Crippen LogP contribution in [0.5, 0.6) is 5.75 Å². The Morgan fingerprint density at radius 2 is 1.96 bits per heavy atom. The van der Waals surface area contributed by atoms with Crippen molar-refractivity contribution < 1.29 is 19.9 Å². The van der Waals surface area contributed by atoms with Gasteiger partial charge in [-0.3, -0.25) is 14.9 Å². The number of hydrogen-bond donors (Lipinski definition) is 3. The molecule has 8 heteroatoms. The van der Waals surface area contributed by atoms with E-state index in [-0.39, 0.29) is 0 Å². The van der Waals surface area contributed by atoms with Gasteiger partial charge in [-0.1, -0.05) is 30.3 Å². The average Bonchev–Trinajstić information content (AvgIpc) is 2.56. The fraction of sp³-hybridized carbons (Fsp3) is 0.0667. The van der Waals surface area contributed by atoms with Crippen LogP contribution in [0.1, 0.15) is 17.2 Å². The molecule has 2 aromatic rings. The molecule has 0 saturated heterocycles. The van der Waals surface area contributed by atoms with Gasteiger partial charge in [0, 0.05) is 11.6 Å². The third-order valence-electron chi connectivity index (χ3n) is 2.95. The minimum Gasteiger partial charge on any atom is -0.502 e. The molecule has 0 radical (unpaired) electrons. The van der Waals surface area contributed by atoms with E-state index in [1.165, 1.54) is 12.3 Å². The molecular formula is C15H13N3O5. The van der Waals surface area contributed by atoms with Gasteiger partial charge in [-0.15, -0.1) is 0 Å². The van der Waals surface area contributed by atoms with Gasteiger partial charge in [-0.2, -0.15) is 5.10 Å². The summed E-state index contributed by atoms with van der Waals surface area (Å²) in [7, 11) is 0. The molecule has 0 saturated carbocycles. The van der Waals surface area contributed by atoms with Crippen molar-refractivity contribution in [1.82, 2.24) is 5.43 Å². The predicted octanol–water partition coefficient (Wildman–Crippen LogP) is 1.48. The fourth-order valence-corrected chi connectivity index (χ4v) is 1.79. The topological polar surface area (TPSA) is 125 Å². The van der Waals surface area contributed by atoms with Gasteiger partial charge in [0.05, 0.1) is 11.1 Å². The number of benzene rings is 2. The van der Waals surface area contributed by atoms with Crippen molar-refractivity contribution in [2.24, 2.45) is 5.10 Å². The lowest BCUT2D eigenvalue weighted by Gasteiger charge is -2.08. The van der Waals surface area contributed by atoms with Crippen LogP contribution in [0.25, 0.3) is 0 Å². The predicted molar refractivity (Wildman–Crippen MR) is 81.9 cm³/mol. The standard InChI is InChI=1S/C15H13N3O5/c19-13-7-6-10(8-12(13)18(22)23)9-16-17-15(21)14(20)11-4-2-1-3-5-11/h1-9,14,19-20H,(H,17,21)/b16-9+/t14-/m0/s1. The number of nitro groups is 1. The Kier molecular flexibility index (Phi) is 5.00. The maximum Gasteiger partial charge on any atom is 0.311 e. The summed E-state index contributed by atoms with van der Waals surface area (Å²) in [5, 5.41) is 33.5. The highest BCUT2D eigenvalue weighted by atomic mass is 16.6. The molecule has 0 aliphatic rings. The van der Waals surface area contributed by atoms with E-state index in [0.717, 1.165) is 12.1 Å². The summed E-state index contributed by atoms with van der Waals surface area (Å²) in [4.78, 5) is 21.7. The summed E-state index contributed by atoms with van der Waals surface area (Å²) in [5.41, 5.74) is 2.40. The SMILES string of the molecule is O=C(N/N=C/c1ccc(O)c([N+](=O)[O-])c1)[C@@H](O)c1ccccc1. The summed E-state index contributed by atoms with van der Waals surface area (Å²) in [5.74, 6) is -1.20. The van der Waals surface area contributed by atoms with Crippen LogP contribution in [-0.2, 0) is 4.79 Å². The summed E-state index contributed by atoms with van der Waals surface area (Å²) >= 11 is 0. The molecule has 2 aromatic carbocycles. The van der Waals surface area contributed by atoms with Crippen molar-refractivity contribution >= 4 is 17.8 Å². The number of nitrogens with one attached hydrogen (secondary N) is 1. The van der Waals surface area contributed by atoms with Crippen molar-refractivity contribution in [3.05, 3.63) is 69.8 Å². The molecule has 2 rings (SSSR count). The van der Waals surface area contributed by atoms with Gasteiger partial charge in [0.15, 0.2) is 11.9 Å². The molecule has 8 nitrogen and oxygen atoms in total. The lowest BCUT2D eigenvalue weighted by atomic mass is 10.1. The molecule has 23 heavy (non-hydrogen) atoms. The number of hydrazone groups is 1. The van der Waals surface area contributed by atoms with Crippen LogP contribution in [0, 0.1) is 10.1 Å². The number of aliphatic hydroxyl groups excluding tert-OH is 1. The summed E-state index contributed by atoms with van der Waals surface area (Å²) in [6.45, 7) is 0. The number of nitrogens with zero attached hydrogens (tertiary/aromatic N) is 2. The smallest absolute Gasteiger partial charge is 0.311 e. The van der Waals surface area contributed by atoms with E-state index in [1.54, 1.807) is 30.3 Å². The fourth-order valence-electron chi connectivity index (χ4n) is 1.79. The number of hydrogen-bond acceptors (Lipinski definition) is 6. The molecule has 0 aromatic heterocycles. The third-order valence-corrected chi connectivity index (χ3v) is 2.95. The molecule has 0 fully saturated rings. The Hall–Kier alpha value is -3.26. The van der Waals surface area contributed by atoms with Gasteiger partial charge >= 0.3 is 5.69 Å². The number of rotatable bonds is 5. The van der Waals surface area contributed by atoms with Gasteiger partial charge in [-0.25, -0.2) is 5.43 Å². The molecular weight excluding hydrogens is 302 g/mol. The number of phenolic OH excluding ortho intramolecular Hbond substituents is 1. The molecule has 0 aliphatic heterocycles. The van der Waals surface area contributed by atoms with Crippen LogP contribution >= 0.6 is 0 Å². The Labute approximate surface area is 130 Å². The lowest BCUT2D eigenvalue weighted by Crippen LogP contribution is -2.25. The Balaban J connectivity index is 2.03. The number of amides is 1. The number of aromatic hydroxyl groups is 1. The van der Waals surface area contributed by atoms with Gasteiger partial charge in [0.1, 0.15) is 0 Å². The Bertz CT molecular complexity index is 746. The van der Waals surface area contributed by atoms with E-state index in [2.05, 4.69) is 10.5 Å². The highest BCUT2D eigenvalue weighted by Crippen LogP contribution is 2.25. The molecule has 3 N–H and O–H groups in total. The first-order valence-electron chi connectivity index (χ1n) is 6.52.